The summed E-state index contributed by atoms with van der Waals surface area (Å²) in [6.07, 6.45) is 0. The predicted molar refractivity (Wildman–Crippen MR) is 218 cm³/mol. The number of anilines is 3. The van der Waals surface area contributed by atoms with Gasteiger partial charge in [0.1, 0.15) is 5.58 Å². The van der Waals surface area contributed by atoms with Gasteiger partial charge in [-0.25, -0.2) is 4.98 Å². The Hall–Kier alpha value is -6.97. The number of hydrogen-bond donors (Lipinski definition) is 0. The molecule has 0 bridgehead atoms. The molecule has 0 amide bonds. The van der Waals surface area contributed by atoms with Gasteiger partial charge >= 0.3 is 0 Å². The Morgan fingerprint density at radius 2 is 1.10 bits per heavy atom. The average molecular weight is 665 g/mol. The van der Waals surface area contributed by atoms with Crippen molar-refractivity contribution in [3.63, 3.8) is 0 Å². The van der Waals surface area contributed by atoms with Gasteiger partial charge in [-0.2, -0.15) is 0 Å². The molecule has 3 nitrogen and oxygen atoms in total. The maximum absolute atomic E-state index is 6.22. The number of para-hydroxylation sites is 1. The van der Waals surface area contributed by atoms with Crippen molar-refractivity contribution in [3.8, 4) is 33.4 Å². The van der Waals surface area contributed by atoms with Gasteiger partial charge in [0.2, 0.25) is 5.71 Å². The molecule has 0 fully saturated rings. The summed E-state index contributed by atoms with van der Waals surface area (Å²) in [6.45, 7) is 0. The molecule has 0 aliphatic rings. The van der Waals surface area contributed by atoms with Gasteiger partial charge in [-0.1, -0.05) is 140 Å². The zero-order valence-corrected chi connectivity index (χ0v) is 28.3. The van der Waals surface area contributed by atoms with E-state index in [4.69, 9.17) is 9.40 Å². The molecular formula is C49H32N2O. The fourth-order valence-electron chi connectivity index (χ4n) is 7.53. The van der Waals surface area contributed by atoms with Crippen molar-refractivity contribution in [2.24, 2.45) is 0 Å². The molecule has 0 atom stereocenters. The first-order chi connectivity index (χ1) is 25.8. The van der Waals surface area contributed by atoms with Crippen molar-refractivity contribution in [1.29, 1.82) is 0 Å². The molecule has 0 radical (unpaired) electrons. The monoisotopic (exact) mass is 664 g/mol. The van der Waals surface area contributed by atoms with E-state index in [0.717, 1.165) is 49.9 Å². The van der Waals surface area contributed by atoms with Crippen molar-refractivity contribution in [3.05, 3.63) is 194 Å². The minimum Gasteiger partial charge on any atom is -0.438 e. The van der Waals surface area contributed by atoms with Crippen LogP contribution in [0, 0.1) is 0 Å². The fraction of sp³-hybridized carbons (Fsp3) is 0. The third-order valence-corrected chi connectivity index (χ3v) is 10.0. The Labute approximate surface area is 301 Å². The van der Waals surface area contributed by atoms with E-state index in [1.807, 2.05) is 12.1 Å². The fourth-order valence-corrected chi connectivity index (χ4v) is 7.53. The highest BCUT2D eigenvalue weighted by molar-refractivity contribution is 6.10. The van der Waals surface area contributed by atoms with E-state index < -0.39 is 0 Å². The lowest BCUT2D eigenvalue weighted by atomic mass is 9.92. The van der Waals surface area contributed by atoms with Crippen molar-refractivity contribution in [2.45, 2.75) is 0 Å². The van der Waals surface area contributed by atoms with Gasteiger partial charge in [-0.15, -0.1) is 0 Å². The summed E-state index contributed by atoms with van der Waals surface area (Å²) in [6, 6.07) is 69.1. The van der Waals surface area contributed by atoms with Crippen LogP contribution < -0.4 is 4.90 Å². The zero-order valence-electron chi connectivity index (χ0n) is 28.3. The van der Waals surface area contributed by atoms with Crippen LogP contribution in [-0.2, 0) is 0 Å². The number of pyridine rings is 1. The van der Waals surface area contributed by atoms with Crippen LogP contribution in [0.2, 0.25) is 0 Å². The molecule has 10 aromatic rings. The van der Waals surface area contributed by atoms with E-state index in [0.29, 0.717) is 5.71 Å². The number of hydrogen-bond acceptors (Lipinski definition) is 3. The van der Waals surface area contributed by atoms with Crippen LogP contribution >= 0.6 is 0 Å². The molecule has 0 saturated carbocycles. The van der Waals surface area contributed by atoms with Crippen LogP contribution in [0.25, 0.3) is 77.1 Å². The first-order valence-corrected chi connectivity index (χ1v) is 17.6. The third kappa shape index (κ3) is 5.19. The number of fused-ring (bicyclic) bond motifs is 5. The molecule has 0 saturated heterocycles. The van der Waals surface area contributed by atoms with E-state index in [2.05, 4.69) is 187 Å². The summed E-state index contributed by atoms with van der Waals surface area (Å²) in [5.41, 5.74) is 12.5. The molecule has 2 aromatic heterocycles. The summed E-state index contributed by atoms with van der Waals surface area (Å²) in [7, 11) is 0. The summed E-state index contributed by atoms with van der Waals surface area (Å²) in [4.78, 5) is 7.44. The molecule has 10 rings (SSSR count). The first-order valence-electron chi connectivity index (χ1n) is 17.6. The Morgan fingerprint density at radius 1 is 0.385 bits per heavy atom. The zero-order chi connectivity index (χ0) is 34.4. The highest BCUT2D eigenvalue weighted by Gasteiger charge is 2.20. The van der Waals surface area contributed by atoms with E-state index in [1.54, 1.807) is 0 Å². The molecule has 3 heteroatoms. The van der Waals surface area contributed by atoms with Gasteiger partial charge < -0.3 is 9.32 Å². The van der Waals surface area contributed by atoms with Crippen LogP contribution in [0.3, 0.4) is 0 Å². The van der Waals surface area contributed by atoms with Crippen molar-refractivity contribution in [2.75, 3.05) is 4.90 Å². The highest BCUT2D eigenvalue weighted by Crippen LogP contribution is 2.44. The molecule has 0 aliphatic carbocycles. The van der Waals surface area contributed by atoms with E-state index in [9.17, 15) is 0 Å². The number of rotatable bonds is 6. The second kappa shape index (κ2) is 12.4. The first kappa shape index (κ1) is 29.9. The molecule has 0 N–H and O–H groups in total. The van der Waals surface area contributed by atoms with Gasteiger partial charge in [0.05, 0.1) is 11.2 Å². The van der Waals surface area contributed by atoms with Gasteiger partial charge in [0.25, 0.3) is 0 Å². The number of benzene rings is 8. The largest absolute Gasteiger partial charge is 0.438 e. The lowest BCUT2D eigenvalue weighted by Gasteiger charge is -2.28. The third-order valence-electron chi connectivity index (χ3n) is 10.0. The molecule has 0 unspecified atom stereocenters. The summed E-state index contributed by atoms with van der Waals surface area (Å²) < 4.78 is 6.22. The normalized spacial score (nSPS) is 11.5. The van der Waals surface area contributed by atoms with Crippen molar-refractivity contribution in [1.82, 2.24) is 4.98 Å². The predicted octanol–water partition coefficient (Wildman–Crippen LogP) is 13.8. The van der Waals surface area contributed by atoms with E-state index in [-0.39, 0.29) is 0 Å². The lowest BCUT2D eigenvalue weighted by molar-refractivity contribution is 0.656. The lowest BCUT2D eigenvalue weighted by Crippen LogP contribution is -2.11. The van der Waals surface area contributed by atoms with Crippen LogP contribution in [-0.4, -0.2) is 4.98 Å². The molecule has 8 aromatic carbocycles. The maximum Gasteiger partial charge on any atom is 0.227 e. The standard InChI is InChI=1S/C49H32N2O/c1-3-13-33(14-4-1)37-19-11-20-39(30-37)51(47-23-12-22-46-45(47)32-44-42-21-9-10-24-48(42)52-49(44)50-46)40-27-28-41(35-16-5-2-6-17-35)43(31-40)38-26-25-34-15-7-8-18-36(34)29-38/h1-32H. The topological polar surface area (TPSA) is 29.3 Å². The summed E-state index contributed by atoms with van der Waals surface area (Å²) in [5, 5.41) is 5.55. The van der Waals surface area contributed by atoms with Crippen LogP contribution in [0.5, 0.6) is 0 Å². The molecule has 0 spiro atoms. The smallest absolute Gasteiger partial charge is 0.227 e. The molecule has 0 aliphatic heterocycles. The average Bonchev–Trinajstić information content (AvgIpc) is 3.58. The quantitative estimate of drug-likeness (QED) is 0.177. The van der Waals surface area contributed by atoms with Crippen molar-refractivity contribution < 1.29 is 4.42 Å². The van der Waals surface area contributed by atoms with E-state index >= 15 is 0 Å². The Morgan fingerprint density at radius 3 is 1.96 bits per heavy atom. The number of furan rings is 1. The van der Waals surface area contributed by atoms with Crippen LogP contribution in [0.15, 0.2) is 199 Å². The van der Waals surface area contributed by atoms with Gasteiger partial charge in [-0.05, 0) is 98.8 Å². The van der Waals surface area contributed by atoms with Crippen molar-refractivity contribution >= 4 is 60.8 Å². The van der Waals surface area contributed by atoms with Gasteiger partial charge in [-0.3, -0.25) is 0 Å². The SMILES string of the molecule is c1ccc(-c2cccc(N(c3ccc(-c4ccccc4)c(-c4ccc5ccccc5c4)c3)c3cccc4nc5oc6ccccc6c5cc34)c2)cc1. The maximum atomic E-state index is 6.22. The minimum atomic E-state index is 0.647. The Balaban J connectivity index is 1.24. The van der Waals surface area contributed by atoms with E-state index in [1.165, 1.54) is 38.6 Å². The summed E-state index contributed by atoms with van der Waals surface area (Å²) in [5.74, 6) is 0. The molecule has 52 heavy (non-hydrogen) atoms. The van der Waals surface area contributed by atoms with Crippen LogP contribution in [0.4, 0.5) is 17.1 Å². The molecule has 244 valence electrons. The van der Waals surface area contributed by atoms with Gasteiger partial charge in [0, 0.05) is 27.5 Å². The second-order valence-corrected chi connectivity index (χ2v) is 13.2. The van der Waals surface area contributed by atoms with Crippen LogP contribution in [0.1, 0.15) is 0 Å². The second-order valence-electron chi connectivity index (χ2n) is 13.2. The van der Waals surface area contributed by atoms with Gasteiger partial charge in [0.15, 0.2) is 0 Å². The molecule has 2 heterocycles. The number of nitrogens with zero attached hydrogens (tertiary/aromatic N) is 2. The molecular weight excluding hydrogens is 633 g/mol. The number of aromatic nitrogens is 1. The Kier molecular flexibility index (Phi) is 7.14. The minimum absolute atomic E-state index is 0.647. The Bertz CT molecular complexity index is 2910. The summed E-state index contributed by atoms with van der Waals surface area (Å²) >= 11 is 0. The highest BCUT2D eigenvalue weighted by atomic mass is 16.3.